The van der Waals surface area contributed by atoms with Crippen molar-refractivity contribution < 1.29 is 19.4 Å². The van der Waals surface area contributed by atoms with Crippen LogP contribution in [0.3, 0.4) is 0 Å². The number of nitrogens with zero attached hydrogens (tertiary/aromatic N) is 4. The number of carbonyl (C=O) groups excluding carboxylic acids is 2. The van der Waals surface area contributed by atoms with Gasteiger partial charge in [0.2, 0.25) is 5.91 Å². The fourth-order valence-corrected chi connectivity index (χ4v) is 7.08. The molecule has 3 atom stereocenters. The molecule has 8 nitrogen and oxygen atoms in total. The van der Waals surface area contributed by atoms with E-state index in [4.69, 9.17) is 4.74 Å². The number of methoxy groups -OCH3 is 1. The molecule has 2 aromatic carbocycles. The number of rotatable bonds is 4. The average Bonchev–Trinajstić information content (AvgIpc) is 3.25. The van der Waals surface area contributed by atoms with E-state index in [1.165, 1.54) is 0 Å². The van der Waals surface area contributed by atoms with E-state index >= 15 is 0 Å². The number of aromatic nitrogens is 2. The number of aliphatic hydroxyl groups is 1. The maximum atomic E-state index is 13.7. The van der Waals surface area contributed by atoms with Gasteiger partial charge in [0.15, 0.2) is 0 Å². The number of piperidine rings is 1. The van der Waals surface area contributed by atoms with Crippen LogP contribution in [0, 0.1) is 6.92 Å². The van der Waals surface area contributed by atoms with Gasteiger partial charge in [0.05, 0.1) is 24.9 Å². The maximum absolute atomic E-state index is 13.7. The van der Waals surface area contributed by atoms with Crippen LogP contribution in [0.5, 0.6) is 5.75 Å². The van der Waals surface area contributed by atoms with E-state index in [1.807, 2.05) is 59.3 Å². The first-order chi connectivity index (χ1) is 18.3. The van der Waals surface area contributed by atoms with Gasteiger partial charge < -0.3 is 19.6 Å². The average molecular weight is 515 g/mol. The third-order valence-corrected chi connectivity index (χ3v) is 9.05. The number of ether oxygens (including phenoxy) is 1. The maximum Gasteiger partial charge on any atom is 0.254 e. The highest BCUT2D eigenvalue weighted by molar-refractivity contribution is 5.94. The van der Waals surface area contributed by atoms with Crippen LogP contribution in [-0.2, 0) is 23.2 Å². The first kappa shape index (κ1) is 24.7. The van der Waals surface area contributed by atoms with E-state index in [9.17, 15) is 14.7 Å². The Bertz CT molecular complexity index is 1370. The molecule has 1 aromatic heterocycles. The molecule has 38 heavy (non-hydrogen) atoms. The van der Waals surface area contributed by atoms with E-state index in [1.54, 1.807) is 18.0 Å². The summed E-state index contributed by atoms with van der Waals surface area (Å²) in [5.41, 5.74) is 2.12. The summed E-state index contributed by atoms with van der Waals surface area (Å²) in [6.45, 7) is 3.65. The predicted molar refractivity (Wildman–Crippen MR) is 142 cm³/mol. The quantitative estimate of drug-likeness (QED) is 0.579. The Balaban J connectivity index is 1.38. The molecule has 0 spiro atoms. The minimum Gasteiger partial charge on any atom is -0.497 e. The number of carbonyl (C=O) groups is 2. The lowest BCUT2D eigenvalue weighted by Gasteiger charge is -2.61. The van der Waals surface area contributed by atoms with Crippen molar-refractivity contribution in [3.63, 3.8) is 0 Å². The molecule has 2 saturated heterocycles. The zero-order valence-electron chi connectivity index (χ0n) is 22.0. The molecule has 0 radical (unpaired) electrons. The van der Waals surface area contributed by atoms with Gasteiger partial charge in [-0.2, -0.15) is 5.10 Å². The van der Waals surface area contributed by atoms with Gasteiger partial charge in [-0.15, -0.1) is 0 Å². The van der Waals surface area contributed by atoms with Gasteiger partial charge in [0, 0.05) is 36.8 Å². The Hall–Kier alpha value is -3.65. The van der Waals surface area contributed by atoms with Crippen LogP contribution in [0.2, 0.25) is 0 Å². The number of fused-ring (bicyclic) bond motifs is 1. The summed E-state index contributed by atoms with van der Waals surface area (Å²) in [6, 6.07) is 15.0. The molecule has 1 aliphatic carbocycles. The number of amides is 2. The molecule has 3 aliphatic rings. The van der Waals surface area contributed by atoms with E-state index in [0.29, 0.717) is 50.9 Å². The van der Waals surface area contributed by atoms with Crippen molar-refractivity contribution in [2.75, 3.05) is 26.7 Å². The van der Waals surface area contributed by atoms with Gasteiger partial charge in [0.1, 0.15) is 12.3 Å². The van der Waals surface area contributed by atoms with Crippen molar-refractivity contribution in [2.24, 2.45) is 0 Å². The Morgan fingerprint density at radius 2 is 1.84 bits per heavy atom. The number of aryl methyl sites for hydroxylation is 1. The first-order valence-electron chi connectivity index (χ1n) is 13.4. The SMILES string of the molecule is COc1ccc2c(c1)C13CCN(C(=O)Cn4cc(C)cn4)CCC1(O)C(C2)N(C(=O)c1ccccc1)CC3. The molecule has 2 fully saturated rings. The fourth-order valence-electron chi connectivity index (χ4n) is 7.08. The predicted octanol–water partition coefficient (Wildman–Crippen LogP) is 2.96. The highest BCUT2D eigenvalue weighted by Gasteiger charge is 2.64. The van der Waals surface area contributed by atoms with Crippen LogP contribution in [0.15, 0.2) is 60.9 Å². The van der Waals surface area contributed by atoms with Crippen molar-refractivity contribution >= 4 is 11.8 Å². The van der Waals surface area contributed by atoms with E-state index in [2.05, 4.69) is 17.2 Å². The molecule has 8 heteroatoms. The van der Waals surface area contributed by atoms with Crippen LogP contribution in [-0.4, -0.2) is 74.9 Å². The zero-order valence-corrected chi connectivity index (χ0v) is 22.0. The molecule has 3 aromatic rings. The van der Waals surface area contributed by atoms with Gasteiger partial charge in [0.25, 0.3) is 5.91 Å². The second-order valence-corrected chi connectivity index (χ2v) is 11.0. The Morgan fingerprint density at radius 3 is 2.58 bits per heavy atom. The van der Waals surface area contributed by atoms with Crippen LogP contribution in [0.1, 0.15) is 46.3 Å². The highest BCUT2D eigenvalue weighted by Crippen LogP contribution is 2.56. The fraction of sp³-hybridized carbons (Fsp3) is 0.433. The summed E-state index contributed by atoms with van der Waals surface area (Å²) in [5, 5.41) is 17.0. The summed E-state index contributed by atoms with van der Waals surface area (Å²) in [5.74, 6) is 0.693. The second kappa shape index (κ2) is 9.27. The Labute approximate surface area is 222 Å². The van der Waals surface area contributed by atoms with Crippen LogP contribution in [0.4, 0.5) is 0 Å². The minimum atomic E-state index is -1.17. The van der Waals surface area contributed by atoms with Gasteiger partial charge in [-0.05, 0) is 73.6 Å². The molecule has 6 rings (SSSR count). The van der Waals surface area contributed by atoms with E-state index < -0.39 is 11.0 Å². The third-order valence-electron chi connectivity index (χ3n) is 9.05. The molecular weight excluding hydrogens is 480 g/mol. The molecule has 0 saturated carbocycles. The lowest BCUT2D eigenvalue weighted by Crippen LogP contribution is -2.72. The van der Waals surface area contributed by atoms with Gasteiger partial charge in [-0.3, -0.25) is 14.3 Å². The van der Waals surface area contributed by atoms with Crippen LogP contribution < -0.4 is 4.74 Å². The summed E-state index contributed by atoms with van der Waals surface area (Å²) >= 11 is 0. The molecule has 2 amide bonds. The van der Waals surface area contributed by atoms with Crippen molar-refractivity contribution in [1.29, 1.82) is 0 Å². The topological polar surface area (TPSA) is 87.9 Å². The smallest absolute Gasteiger partial charge is 0.254 e. The third kappa shape index (κ3) is 3.81. The molecule has 2 bridgehead atoms. The molecule has 2 aliphatic heterocycles. The molecular formula is C30H34N4O4. The minimum absolute atomic E-state index is 0.00984. The van der Waals surface area contributed by atoms with Crippen molar-refractivity contribution in [1.82, 2.24) is 19.6 Å². The summed E-state index contributed by atoms with van der Waals surface area (Å²) in [4.78, 5) is 30.8. The van der Waals surface area contributed by atoms with Crippen molar-refractivity contribution in [3.8, 4) is 5.75 Å². The second-order valence-electron chi connectivity index (χ2n) is 11.0. The van der Waals surface area contributed by atoms with E-state index in [-0.39, 0.29) is 24.4 Å². The molecule has 3 unspecified atom stereocenters. The lowest BCUT2D eigenvalue weighted by atomic mass is 9.52. The van der Waals surface area contributed by atoms with Crippen molar-refractivity contribution in [2.45, 2.75) is 56.2 Å². The van der Waals surface area contributed by atoms with Gasteiger partial charge in [-0.1, -0.05) is 24.3 Å². The van der Waals surface area contributed by atoms with E-state index in [0.717, 1.165) is 22.4 Å². The number of hydrogen-bond donors (Lipinski definition) is 1. The van der Waals surface area contributed by atoms with Crippen LogP contribution >= 0.6 is 0 Å². The Kier molecular flexibility index (Phi) is 6.02. The van der Waals surface area contributed by atoms with Gasteiger partial charge >= 0.3 is 0 Å². The molecule has 198 valence electrons. The molecule has 3 heterocycles. The monoisotopic (exact) mass is 514 g/mol. The summed E-state index contributed by atoms with van der Waals surface area (Å²) < 4.78 is 7.25. The Morgan fingerprint density at radius 1 is 1.08 bits per heavy atom. The lowest BCUT2D eigenvalue weighted by molar-refractivity contribution is -0.138. The summed E-state index contributed by atoms with van der Waals surface area (Å²) in [6.07, 6.45) is 5.83. The number of hydrogen-bond acceptors (Lipinski definition) is 5. The normalized spacial score (nSPS) is 26.2. The standard InChI is InChI=1S/C30H34N4O4/c1-21-18-31-33(19-21)20-27(35)32-13-10-29-11-15-34(28(36)22-6-4-3-5-7-22)26(30(29,37)12-14-32)16-23-8-9-24(38-2)17-25(23)29/h3-9,17-19,26,37H,10-16,20H2,1-2H3. The number of likely N-dealkylation sites (tertiary alicyclic amines) is 2. The highest BCUT2D eigenvalue weighted by atomic mass is 16.5. The summed E-state index contributed by atoms with van der Waals surface area (Å²) in [7, 11) is 1.66. The van der Waals surface area contributed by atoms with Crippen LogP contribution in [0.25, 0.3) is 0 Å². The van der Waals surface area contributed by atoms with Crippen molar-refractivity contribution in [3.05, 3.63) is 83.2 Å². The first-order valence-corrected chi connectivity index (χ1v) is 13.4. The molecule has 1 N–H and O–H groups in total. The van der Waals surface area contributed by atoms with Gasteiger partial charge in [-0.25, -0.2) is 0 Å². The zero-order chi connectivity index (χ0) is 26.5. The number of benzene rings is 2. The largest absolute Gasteiger partial charge is 0.497 e.